The van der Waals surface area contributed by atoms with Crippen LogP contribution in [0.4, 0.5) is 18.9 Å². The van der Waals surface area contributed by atoms with Crippen LogP contribution in [0.15, 0.2) is 36.7 Å². The van der Waals surface area contributed by atoms with Gasteiger partial charge in [0.1, 0.15) is 12.3 Å². The van der Waals surface area contributed by atoms with Gasteiger partial charge >= 0.3 is 6.18 Å². The van der Waals surface area contributed by atoms with Gasteiger partial charge < -0.3 is 15.4 Å². The van der Waals surface area contributed by atoms with Crippen molar-refractivity contribution in [3.8, 4) is 5.75 Å². The molecule has 1 saturated carbocycles. The van der Waals surface area contributed by atoms with Gasteiger partial charge in [-0.2, -0.15) is 18.3 Å². The van der Waals surface area contributed by atoms with E-state index in [1.54, 1.807) is 0 Å². The van der Waals surface area contributed by atoms with Gasteiger partial charge in [0.15, 0.2) is 6.61 Å². The molecular weight excluding hydrogens is 389 g/mol. The molecule has 0 saturated heterocycles. The highest BCUT2D eigenvalue weighted by atomic mass is 19.4. The number of halogens is 3. The van der Waals surface area contributed by atoms with Crippen molar-refractivity contribution in [2.24, 2.45) is 0 Å². The van der Waals surface area contributed by atoms with Gasteiger partial charge in [0.2, 0.25) is 5.91 Å². The first-order chi connectivity index (χ1) is 13.8. The number of benzene rings is 1. The summed E-state index contributed by atoms with van der Waals surface area (Å²) in [5.41, 5.74) is -0.634. The summed E-state index contributed by atoms with van der Waals surface area (Å²) in [5.74, 6) is -1.23. The number of nitrogens with zero attached hydrogens (tertiary/aromatic N) is 2. The molecule has 0 bridgehead atoms. The third kappa shape index (κ3) is 5.97. The molecule has 2 aromatic rings. The van der Waals surface area contributed by atoms with Gasteiger partial charge in [-0.3, -0.25) is 14.3 Å². The lowest BCUT2D eigenvalue weighted by Gasteiger charge is -2.13. The van der Waals surface area contributed by atoms with Crippen LogP contribution in [0.2, 0.25) is 0 Å². The van der Waals surface area contributed by atoms with Gasteiger partial charge in [-0.05, 0) is 25.0 Å². The molecule has 3 rings (SSSR count). The van der Waals surface area contributed by atoms with Crippen molar-refractivity contribution >= 4 is 17.5 Å². The fraction of sp³-hybridized carbons (Fsp3) is 0.421. The van der Waals surface area contributed by atoms with Crippen molar-refractivity contribution in [3.05, 3.63) is 42.2 Å². The Kier molecular flexibility index (Phi) is 6.40. The van der Waals surface area contributed by atoms with E-state index in [0.717, 1.165) is 37.8 Å². The summed E-state index contributed by atoms with van der Waals surface area (Å²) < 4.78 is 45.2. The second-order valence-electron chi connectivity index (χ2n) is 6.81. The van der Waals surface area contributed by atoms with E-state index in [9.17, 15) is 22.8 Å². The maximum absolute atomic E-state index is 12.9. The molecular formula is C19H21F3N4O3. The summed E-state index contributed by atoms with van der Waals surface area (Å²) in [5, 5.41) is 9.41. The third-order valence-corrected chi connectivity index (χ3v) is 4.49. The number of hydrogen-bond donors (Lipinski definition) is 2. The highest BCUT2D eigenvalue weighted by Crippen LogP contribution is 2.35. The summed E-state index contributed by atoms with van der Waals surface area (Å²) in [6.45, 7) is -0.581. The lowest BCUT2D eigenvalue weighted by molar-refractivity contribution is -0.139. The van der Waals surface area contributed by atoms with Gasteiger partial charge in [-0.15, -0.1) is 0 Å². The molecule has 1 aliphatic rings. The standard InChI is InChI=1S/C19H21F3N4O3/c20-19(21,22)15-7-3-4-8-16(15)29-12-18(28)25-14-9-23-26(10-14)11-17(27)24-13-5-1-2-6-13/h3-4,7-10,13H,1-2,5-6,11-12H2,(H,24,27)(H,25,28). The second kappa shape index (κ2) is 8.97. The van der Waals surface area contributed by atoms with E-state index in [0.29, 0.717) is 5.69 Å². The molecule has 10 heteroatoms. The molecule has 1 fully saturated rings. The van der Waals surface area contributed by atoms with E-state index >= 15 is 0 Å². The van der Waals surface area contributed by atoms with Crippen molar-refractivity contribution in [1.29, 1.82) is 0 Å². The minimum absolute atomic E-state index is 0.0157. The average Bonchev–Trinajstić information content (AvgIpc) is 3.31. The molecule has 0 aliphatic heterocycles. The number of ether oxygens (including phenoxy) is 1. The molecule has 1 aliphatic carbocycles. The van der Waals surface area contributed by atoms with Crippen LogP contribution in [0.1, 0.15) is 31.2 Å². The second-order valence-corrected chi connectivity index (χ2v) is 6.81. The smallest absolute Gasteiger partial charge is 0.419 e. The van der Waals surface area contributed by atoms with Crippen LogP contribution < -0.4 is 15.4 Å². The van der Waals surface area contributed by atoms with Crippen LogP contribution in [0, 0.1) is 0 Å². The molecule has 2 N–H and O–H groups in total. The topological polar surface area (TPSA) is 85.2 Å². The van der Waals surface area contributed by atoms with E-state index in [1.165, 1.54) is 29.2 Å². The lowest BCUT2D eigenvalue weighted by Crippen LogP contribution is -2.35. The van der Waals surface area contributed by atoms with Gasteiger partial charge in [0.25, 0.3) is 5.91 Å². The maximum atomic E-state index is 12.9. The molecule has 1 heterocycles. The molecule has 1 aromatic carbocycles. The quantitative estimate of drug-likeness (QED) is 0.735. The lowest BCUT2D eigenvalue weighted by atomic mass is 10.2. The third-order valence-electron chi connectivity index (χ3n) is 4.49. The Balaban J connectivity index is 1.48. The Morgan fingerprint density at radius 1 is 1.17 bits per heavy atom. The summed E-state index contributed by atoms with van der Waals surface area (Å²) in [6.07, 6.45) is 2.41. The largest absolute Gasteiger partial charge is 0.483 e. The number of amides is 2. The Morgan fingerprint density at radius 3 is 2.62 bits per heavy atom. The van der Waals surface area contributed by atoms with E-state index in [4.69, 9.17) is 4.74 Å². The molecule has 29 heavy (non-hydrogen) atoms. The number of para-hydroxylation sites is 1. The normalized spacial score (nSPS) is 14.6. The zero-order chi connectivity index (χ0) is 20.9. The number of carbonyl (C=O) groups is 2. The molecule has 2 amide bonds. The molecule has 0 radical (unpaired) electrons. The number of carbonyl (C=O) groups excluding carboxylic acids is 2. The van der Waals surface area contributed by atoms with Gasteiger partial charge in [-0.1, -0.05) is 25.0 Å². The van der Waals surface area contributed by atoms with Crippen molar-refractivity contribution in [2.75, 3.05) is 11.9 Å². The minimum atomic E-state index is -4.58. The zero-order valence-electron chi connectivity index (χ0n) is 15.5. The molecule has 1 aromatic heterocycles. The fourth-order valence-corrected chi connectivity index (χ4v) is 3.17. The predicted molar refractivity (Wildman–Crippen MR) is 98.2 cm³/mol. The predicted octanol–water partition coefficient (Wildman–Crippen LogP) is 2.98. The number of anilines is 1. The van der Waals surface area contributed by atoms with Gasteiger partial charge in [0, 0.05) is 12.2 Å². The van der Waals surface area contributed by atoms with Crippen LogP contribution >= 0.6 is 0 Å². The SMILES string of the molecule is O=C(COc1ccccc1C(F)(F)F)Nc1cnn(CC(=O)NC2CCCC2)c1. The van der Waals surface area contributed by atoms with Crippen LogP contribution in [-0.2, 0) is 22.3 Å². The Bertz CT molecular complexity index is 860. The van der Waals surface area contributed by atoms with E-state index in [2.05, 4.69) is 15.7 Å². The first-order valence-corrected chi connectivity index (χ1v) is 9.22. The zero-order valence-corrected chi connectivity index (χ0v) is 15.5. The van der Waals surface area contributed by atoms with Crippen molar-refractivity contribution < 1.29 is 27.5 Å². The summed E-state index contributed by atoms with van der Waals surface area (Å²) in [7, 11) is 0. The van der Waals surface area contributed by atoms with Crippen LogP contribution in [0.3, 0.4) is 0 Å². The Labute approximate surface area is 165 Å². The first-order valence-electron chi connectivity index (χ1n) is 9.22. The molecule has 0 atom stereocenters. The van der Waals surface area contributed by atoms with Crippen LogP contribution in [-0.4, -0.2) is 34.2 Å². The number of aromatic nitrogens is 2. The summed E-state index contributed by atoms with van der Waals surface area (Å²) in [4.78, 5) is 24.0. The molecule has 0 spiro atoms. The maximum Gasteiger partial charge on any atom is 0.419 e. The van der Waals surface area contributed by atoms with Crippen LogP contribution in [0.25, 0.3) is 0 Å². The number of nitrogens with one attached hydrogen (secondary N) is 2. The fourth-order valence-electron chi connectivity index (χ4n) is 3.17. The first kappa shape index (κ1) is 20.7. The van der Waals surface area contributed by atoms with E-state index in [-0.39, 0.29) is 18.5 Å². The summed E-state index contributed by atoms with van der Waals surface area (Å²) in [6, 6.07) is 4.87. The minimum Gasteiger partial charge on any atom is -0.483 e. The Morgan fingerprint density at radius 2 is 1.90 bits per heavy atom. The number of hydrogen-bond acceptors (Lipinski definition) is 4. The number of alkyl halides is 3. The van der Waals surface area contributed by atoms with Crippen molar-refractivity contribution in [2.45, 2.75) is 44.4 Å². The molecule has 7 nitrogen and oxygen atoms in total. The monoisotopic (exact) mass is 410 g/mol. The van der Waals surface area contributed by atoms with Crippen molar-refractivity contribution in [1.82, 2.24) is 15.1 Å². The summed E-state index contributed by atoms with van der Waals surface area (Å²) >= 11 is 0. The van der Waals surface area contributed by atoms with E-state index in [1.807, 2.05) is 0 Å². The highest BCUT2D eigenvalue weighted by molar-refractivity contribution is 5.91. The van der Waals surface area contributed by atoms with E-state index < -0.39 is 30.0 Å². The molecule has 156 valence electrons. The average molecular weight is 410 g/mol. The van der Waals surface area contributed by atoms with Crippen LogP contribution in [0.5, 0.6) is 5.75 Å². The van der Waals surface area contributed by atoms with Gasteiger partial charge in [0.05, 0.1) is 17.4 Å². The Hall–Kier alpha value is -3.04. The molecule has 0 unspecified atom stereocenters. The number of rotatable bonds is 7. The van der Waals surface area contributed by atoms with Crippen molar-refractivity contribution in [3.63, 3.8) is 0 Å². The van der Waals surface area contributed by atoms with Gasteiger partial charge in [-0.25, -0.2) is 0 Å². The highest BCUT2D eigenvalue weighted by Gasteiger charge is 2.34.